The highest BCUT2D eigenvalue weighted by Crippen LogP contribution is 2.29. The van der Waals surface area contributed by atoms with Crippen LogP contribution in [0.4, 0.5) is 11.8 Å². The Labute approximate surface area is 176 Å². The van der Waals surface area contributed by atoms with Crippen LogP contribution in [0.2, 0.25) is 0 Å². The molecule has 4 rings (SSSR count). The number of aliphatic hydroxyl groups excluding tert-OH is 1. The Hall–Kier alpha value is -3.13. The minimum atomic E-state index is -0.695. The van der Waals surface area contributed by atoms with Gasteiger partial charge in [-0.05, 0) is 33.8 Å². The molecule has 0 amide bonds. The van der Waals surface area contributed by atoms with Crippen molar-refractivity contribution in [2.75, 3.05) is 29.4 Å². The van der Waals surface area contributed by atoms with E-state index in [1.807, 2.05) is 43.3 Å². The summed E-state index contributed by atoms with van der Waals surface area (Å²) >= 11 is 0. The lowest BCUT2D eigenvalue weighted by Crippen LogP contribution is -2.60. The Morgan fingerprint density at radius 3 is 2.47 bits per heavy atom. The summed E-state index contributed by atoms with van der Waals surface area (Å²) in [6, 6.07) is 11.9. The first-order chi connectivity index (χ1) is 14.3. The monoisotopic (exact) mass is 405 g/mol. The normalized spacial score (nSPS) is 17.1. The Morgan fingerprint density at radius 2 is 1.77 bits per heavy atom. The Morgan fingerprint density at radius 1 is 1.00 bits per heavy atom. The minimum absolute atomic E-state index is 0.212. The zero-order valence-electron chi connectivity index (χ0n) is 17.8. The average molecular weight is 406 g/mol. The van der Waals surface area contributed by atoms with Crippen LogP contribution in [0.5, 0.6) is 0 Å². The van der Waals surface area contributed by atoms with Gasteiger partial charge in [-0.1, -0.05) is 30.3 Å². The second kappa shape index (κ2) is 7.95. The van der Waals surface area contributed by atoms with Gasteiger partial charge in [-0.2, -0.15) is 9.97 Å². The highest BCUT2D eigenvalue weighted by molar-refractivity contribution is 5.56. The standard InChI is InChI=1S/C22H27N7O/c1-15(30)19-23-11-10-18(26-19)29-13-12-28(14-22(29,3)4)21-25-16(2)24-20(27-21)17-8-6-5-7-9-17/h5-11,15,30H,12-14H2,1-4H3. The van der Waals surface area contributed by atoms with Gasteiger partial charge >= 0.3 is 0 Å². The molecular formula is C22H27N7O. The first-order valence-corrected chi connectivity index (χ1v) is 10.2. The lowest BCUT2D eigenvalue weighted by molar-refractivity contribution is 0.188. The molecule has 8 heteroatoms. The molecule has 1 fully saturated rings. The van der Waals surface area contributed by atoms with Crippen LogP contribution in [0.15, 0.2) is 42.6 Å². The van der Waals surface area contributed by atoms with Crippen LogP contribution in [0, 0.1) is 6.92 Å². The average Bonchev–Trinajstić information content (AvgIpc) is 2.73. The summed E-state index contributed by atoms with van der Waals surface area (Å²) in [4.78, 5) is 27.1. The Kier molecular flexibility index (Phi) is 5.34. The number of hydrogen-bond acceptors (Lipinski definition) is 8. The number of anilines is 2. The molecule has 0 bridgehead atoms. The zero-order chi connectivity index (χ0) is 21.3. The number of aliphatic hydroxyl groups is 1. The molecule has 0 saturated carbocycles. The van der Waals surface area contributed by atoms with Crippen molar-refractivity contribution >= 4 is 11.8 Å². The van der Waals surface area contributed by atoms with Gasteiger partial charge in [-0.15, -0.1) is 0 Å². The highest BCUT2D eigenvalue weighted by atomic mass is 16.3. The number of piperazine rings is 1. The van der Waals surface area contributed by atoms with E-state index in [1.165, 1.54) is 0 Å². The first-order valence-electron chi connectivity index (χ1n) is 10.2. The fraction of sp³-hybridized carbons (Fsp3) is 0.409. The van der Waals surface area contributed by atoms with Crippen molar-refractivity contribution in [2.45, 2.75) is 39.3 Å². The topological polar surface area (TPSA) is 91.2 Å². The summed E-state index contributed by atoms with van der Waals surface area (Å²) in [6.45, 7) is 10.2. The molecule has 0 aliphatic carbocycles. The minimum Gasteiger partial charge on any atom is -0.385 e. The molecule has 2 aromatic heterocycles. The lowest BCUT2D eigenvalue weighted by Gasteiger charge is -2.47. The highest BCUT2D eigenvalue weighted by Gasteiger charge is 2.36. The third-order valence-electron chi connectivity index (χ3n) is 5.26. The Balaban J connectivity index is 1.60. The number of aryl methyl sites for hydroxylation is 1. The molecule has 1 aromatic carbocycles. The van der Waals surface area contributed by atoms with E-state index in [1.54, 1.807) is 13.1 Å². The van der Waals surface area contributed by atoms with E-state index in [-0.39, 0.29) is 5.54 Å². The molecule has 1 N–H and O–H groups in total. The first kappa shape index (κ1) is 20.2. The van der Waals surface area contributed by atoms with Crippen LogP contribution in [-0.2, 0) is 0 Å². The van der Waals surface area contributed by atoms with Gasteiger partial charge in [0.25, 0.3) is 0 Å². The van der Waals surface area contributed by atoms with Crippen molar-refractivity contribution in [3.05, 3.63) is 54.2 Å². The van der Waals surface area contributed by atoms with E-state index in [2.05, 4.69) is 43.6 Å². The maximum Gasteiger partial charge on any atom is 0.229 e. The van der Waals surface area contributed by atoms with E-state index in [0.717, 1.165) is 31.0 Å². The van der Waals surface area contributed by atoms with Gasteiger partial charge in [0.15, 0.2) is 11.6 Å². The molecule has 1 saturated heterocycles. The van der Waals surface area contributed by atoms with Crippen molar-refractivity contribution in [1.29, 1.82) is 0 Å². The van der Waals surface area contributed by atoms with Crippen LogP contribution < -0.4 is 9.80 Å². The summed E-state index contributed by atoms with van der Waals surface area (Å²) < 4.78 is 0. The summed E-state index contributed by atoms with van der Waals surface area (Å²) in [5, 5.41) is 9.84. The van der Waals surface area contributed by atoms with Crippen molar-refractivity contribution in [3.8, 4) is 11.4 Å². The van der Waals surface area contributed by atoms with Gasteiger partial charge < -0.3 is 14.9 Å². The number of aromatic nitrogens is 5. The zero-order valence-corrected chi connectivity index (χ0v) is 17.8. The van der Waals surface area contributed by atoms with E-state index in [4.69, 9.17) is 4.98 Å². The second-order valence-electron chi connectivity index (χ2n) is 8.21. The van der Waals surface area contributed by atoms with Gasteiger partial charge in [-0.3, -0.25) is 0 Å². The van der Waals surface area contributed by atoms with Gasteiger partial charge in [-0.25, -0.2) is 15.0 Å². The molecule has 8 nitrogen and oxygen atoms in total. The van der Waals surface area contributed by atoms with Gasteiger partial charge in [0.05, 0.1) is 5.54 Å². The molecule has 1 unspecified atom stereocenters. The third kappa shape index (κ3) is 4.09. The molecule has 1 aliphatic rings. The number of rotatable bonds is 4. The van der Waals surface area contributed by atoms with E-state index in [9.17, 15) is 5.11 Å². The molecular weight excluding hydrogens is 378 g/mol. The predicted octanol–water partition coefficient (Wildman–Crippen LogP) is 2.80. The van der Waals surface area contributed by atoms with Crippen LogP contribution in [-0.4, -0.2) is 55.2 Å². The summed E-state index contributed by atoms with van der Waals surface area (Å²) in [5.74, 6) is 3.35. The van der Waals surface area contributed by atoms with Crippen LogP contribution in [0.25, 0.3) is 11.4 Å². The van der Waals surface area contributed by atoms with Gasteiger partial charge in [0, 0.05) is 31.4 Å². The van der Waals surface area contributed by atoms with Gasteiger partial charge in [0.1, 0.15) is 17.7 Å². The molecule has 1 atom stereocenters. The van der Waals surface area contributed by atoms with Crippen LogP contribution in [0.1, 0.15) is 38.5 Å². The van der Waals surface area contributed by atoms with Crippen molar-refractivity contribution in [1.82, 2.24) is 24.9 Å². The molecule has 3 heterocycles. The quantitative estimate of drug-likeness (QED) is 0.709. The summed E-state index contributed by atoms with van der Waals surface area (Å²) in [6.07, 6.45) is 1.01. The lowest BCUT2D eigenvalue weighted by atomic mass is 9.99. The molecule has 0 radical (unpaired) electrons. The molecule has 3 aromatic rings. The van der Waals surface area contributed by atoms with Crippen molar-refractivity contribution < 1.29 is 5.11 Å². The second-order valence-corrected chi connectivity index (χ2v) is 8.21. The van der Waals surface area contributed by atoms with Gasteiger partial charge in [0.2, 0.25) is 5.95 Å². The number of benzene rings is 1. The SMILES string of the molecule is Cc1nc(-c2ccccc2)nc(N2CCN(c3ccnc(C(C)O)n3)C(C)(C)C2)n1. The molecule has 1 aliphatic heterocycles. The smallest absolute Gasteiger partial charge is 0.229 e. The number of nitrogens with zero attached hydrogens (tertiary/aromatic N) is 7. The van der Waals surface area contributed by atoms with E-state index < -0.39 is 6.10 Å². The van der Waals surface area contributed by atoms with Crippen molar-refractivity contribution in [2.24, 2.45) is 0 Å². The molecule has 30 heavy (non-hydrogen) atoms. The fourth-order valence-corrected chi connectivity index (χ4v) is 3.79. The Bertz CT molecular complexity index is 1020. The largest absolute Gasteiger partial charge is 0.385 e. The maximum atomic E-state index is 9.84. The van der Waals surface area contributed by atoms with Crippen molar-refractivity contribution in [3.63, 3.8) is 0 Å². The third-order valence-corrected chi connectivity index (χ3v) is 5.26. The van der Waals surface area contributed by atoms with E-state index in [0.29, 0.717) is 23.4 Å². The summed E-state index contributed by atoms with van der Waals surface area (Å²) in [7, 11) is 0. The van der Waals surface area contributed by atoms with Crippen LogP contribution in [0.3, 0.4) is 0 Å². The molecule has 0 spiro atoms. The van der Waals surface area contributed by atoms with E-state index >= 15 is 0 Å². The fourth-order valence-electron chi connectivity index (χ4n) is 3.79. The van der Waals surface area contributed by atoms with Crippen LogP contribution >= 0.6 is 0 Å². The maximum absolute atomic E-state index is 9.84. The molecule has 156 valence electrons. The predicted molar refractivity (Wildman–Crippen MR) is 116 cm³/mol. The summed E-state index contributed by atoms with van der Waals surface area (Å²) in [5.41, 5.74) is 0.768. The number of hydrogen-bond donors (Lipinski definition) is 1.